The van der Waals surface area contributed by atoms with Crippen molar-refractivity contribution in [1.29, 1.82) is 0 Å². The number of hydrogen-bond donors (Lipinski definition) is 6. The number of ether oxygens (including phenoxy) is 8. The summed E-state index contributed by atoms with van der Waals surface area (Å²) < 4.78 is 71.4. The van der Waals surface area contributed by atoms with Gasteiger partial charge >= 0.3 is 29.8 Å². The van der Waals surface area contributed by atoms with Crippen molar-refractivity contribution in [2.45, 2.75) is 108 Å². The van der Waals surface area contributed by atoms with Crippen LogP contribution in [-0.4, -0.2) is 177 Å². The van der Waals surface area contributed by atoms with Crippen LogP contribution in [0.15, 0.2) is 56.2 Å². The first-order valence-electron chi connectivity index (χ1n) is 23.4. The first-order chi connectivity index (χ1) is 36.2. The molecule has 25 nitrogen and oxygen atoms in total. The van der Waals surface area contributed by atoms with Crippen molar-refractivity contribution < 1.29 is 101 Å². The van der Waals surface area contributed by atoms with Gasteiger partial charge in [0.15, 0.2) is 34.8 Å². The molecule has 10 atom stereocenters. The van der Waals surface area contributed by atoms with Crippen LogP contribution < -0.4 is 20.3 Å². The number of amidine groups is 2. The number of thioether (sulfide) groups is 2. The van der Waals surface area contributed by atoms with E-state index in [1.54, 1.807) is 10.0 Å². The topological polar surface area (TPSA) is 330 Å². The molecule has 0 spiro atoms. The van der Waals surface area contributed by atoms with Crippen molar-refractivity contribution in [2.24, 2.45) is 9.98 Å². The number of carbonyl (C=O) groups is 7. The highest BCUT2D eigenvalue weighted by Gasteiger charge is 2.56. The van der Waals surface area contributed by atoms with Crippen LogP contribution in [0.1, 0.15) is 57.6 Å². The fraction of sp³-hybridized carbons (Fsp3) is 0.468. The number of carboxylic acids is 1. The highest BCUT2D eigenvalue weighted by molar-refractivity contribution is 8.18. The first-order valence-corrected chi connectivity index (χ1v) is 25.0. The summed E-state index contributed by atoms with van der Waals surface area (Å²) in [7, 11) is 1.05. The molecule has 10 unspecified atom stereocenters. The maximum absolute atomic E-state index is 14.5. The fourth-order valence-corrected chi connectivity index (χ4v) is 9.87. The van der Waals surface area contributed by atoms with Gasteiger partial charge in [-0.15, -0.1) is 0 Å². The van der Waals surface area contributed by atoms with Gasteiger partial charge in [-0.3, -0.25) is 34.0 Å². The molecular weight excluding hydrogens is 1050 g/mol. The number of nitrogens with zero attached hydrogens (tertiary/aromatic N) is 4. The van der Waals surface area contributed by atoms with E-state index in [0.717, 1.165) is 114 Å². The molecule has 76 heavy (non-hydrogen) atoms. The summed E-state index contributed by atoms with van der Waals surface area (Å²) in [5, 5.41) is 43.7. The third-order valence-corrected chi connectivity index (χ3v) is 13.6. The predicted molar refractivity (Wildman–Crippen MR) is 260 cm³/mol. The smallest absolute Gasteiger partial charge is 0.339 e. The number of amides is 2. The number of carbonyl (C=O) groups excluding carboxylic acids is 6. The van der Waals surface area contributed by atoms with Crippen LogP contribution in [0.5, 0.6) is 11.5 Å². The van der Waals surface area contributed by atoms with Gasteiger partial charge in [0.25, 0.3) is 11.8 Å². The van der Waals surface area contributed by atoms with Crippen molar-refractivity contribution in [3.8, 4) is 11.5 Å². The second-order valence-corrected chi connectivity index (χ2v) is 19.2. The standard InChI is InChI=1S/C27H30FN3O11S.C20H22FN3O8S/c1-13(32)38-20-21(39-14(2)33)23(40-15(3)34)26(42-22(20)25(36)37-4)41-18-12-17(28)8-7-16(18)11-19-24(35)30-27(43-19)31-10-6-5-9-29-31;21-10-4-3-9(7-12-17(28)23-20(33-12)24-6-2-1-5-22-24)11(8-10)31-19-15(27)13(25)14(26)16(32-19)18(29)30/h7-8,11-12,20-23,26,29H,5-6,9-10H2,1-4H3;3-4,7-8,13-16,19,22,25-27H,1-2,5-6H2,(H,29,30)/b19-11-;12-7-. The molecule has 410 valence electrons. The number of nitrogens with one attached hydrogen (secondary N) is 2. The number of esters is 4. The second-order valence-electron chi connectivity index (χ2n) is 17.2. The van der Waals surface area contributed by atoms with Crippen molar-refractivity contribution in [3.63, 3.8) is 0 Å². The summed E-state index contributed by atoms with van der Waals surface area (Å²) in [6, 6.07) is 6.90. The molecule has 0 saturated carbocycles. The molecular formula is C47H52F2N6O19S2. The molecule has 6 N–H and O–H groups in total. The Bertz CT molecular complexity index is 2700. The zero-order valence-electron chi connectivity index (χ0n) is 40.8. The first kappa shape index (κ1) is 57.1. The van der Waals surface area contributed by atoms with Gasteiger partial charge in [-0.1, -0.05) is 0 Å². The van der Waals surface area contributed by atoms with Crippen LogP contribution in [0.2, 0.25) is 0 Å². The van der Waals surface area contributed by atoms with E-state index in [-0.39, 0.29) is 32.4 Å². The maximum atomic E-state index is 14.5. The lowest BCUT2D eigenvalue weighted by Crippen LogP contribution is -2.64. The van der Waals surface area contributed by atoms with Crippen molar-refractivity contribution in [1.82, 2.24) is 20.9 Å². The van der Waals surface area contributed by atoms with Crippen LogP contribution in [0.25, 0.3) is 12.2 Å². The van der Waals surface area contributed by atoms with Gasteiger partial charge in [0.05, 0.1) is 16.9 Å². The number of benzene rings is 2. The molecule has 6 aliphatic rings. The molecule has 2 aromatic carbocycles. The fourth-order valence-electron chi connectivity index (χ4n) is 8.05. The van der Waals surface area contributed by atoms with Gasteiger partial charge in [0, 0.05) is 70.2 Å². The Labute approximate surface area is 439 Å². The lowest BCUT2D eigenvalue weighted by Gasteiger charge is -2.43. The zero-order valence-corrected chi connectivity index (χ0v) is 42.5. The molecule has 0 bridgehead atoms. The highest BCUT2D eigenvalue weighted by atomic mass is 32.2. The summed E-state index contributed by atoms with van der Waals surface area (Å²) in [4.78, 5) is 93.8. The number of aliphatic imine (C=N–C) groups is 2. The SMILES string of the molecule is COC(=O)C1OC(Oc2cc(F)ccc2/C=C2\SC(N3CCCCN3)=NC2=O)C(OC(C)=O)C(OC(C)=O)C1OC(C)=O.O=C1N=C(N2CCCCN2)S/C1=C\c1ccc(F)cc1OC1OC(C(=O)O)C(O)C(O)C1O. The number of rotatable bonds is 11. The Hall–Kier alpha value is -6.57. The van der Waals surface area contributed by atoms with Crippen LogP contribution in [0, 0.1) is 11.6 Å². The van der Waals surface area contributed by atoms with E-state index >= 15 is 0 Å². The van der Waals surface area contributed by atoms with Gasteiger partial charge in [0.2, 0.25) is 18.7 Å². The van der Waals surface area contributed by atoms with Crippen molar-refractivity contribution in [2.75, 3.05) is 33.3 Å². The van der Waals surface area contributed by atoms with E-state index in [1.165, 1.54) is 24.3 Å². The van der Waals surface area contributed by atoms with Gasteiger partial charge < -0.3 is 58.3 Å². The minimum absolute atomic E-state index is 0.169. The molecule has 4 fully saturated rings. The van der Waals surface area contributed by atoms with Crippen LogP contribution in [-0.2, 0) is 62.0 Å². The number of aliphatic carboxylic acids is 1. The summed E-state index contributed by atoms with van der Waals surface area (Å²) in [6.45, 7) is 6.05. The van der Waals surface area contributed by atoms with Crippen LogP contribution in [0.4, 0.5) is 8.78 Å². The monoisotopic (exact) mass is 1110 g/mol. The lowest BCUT2D eigenvalue weighted by atomic mass is 9.97. The number of halogens is 2. The van der Waals surface area contributed by atoms with Crippen molar-refractivity contribution in [3.05, 3.63) is 69.0 Å². The van der Waals surface area contributed by atoms with E-state index in [2.05, 4.69) is 20.8 Å². The molecule has 8 rings (SSSR count). The largest absolute Gasteiger partial charge is 0.479 e. The number of carboxylic acid groups (broad SMARTS) is 1. The molecule has 29 heteroatoms. The molecule has 6 aliphatic heterocycles. The summed E-state index contributed by atoms with van der Waals surface area (Å²) >= 11 is 2.25. The molecule has 0 aliphatic carbocycles. The quantitative estimate of drug-likeness (QED) is 0.104. The van der Waals surface area contributed by atoms with E-state index in [1.807, 2.05) is 0 Å². The van der Waals surface area contributed by atoms with E-state index < -0.39 is 115 Å². The predicted octanol–water partition coefficient (Wildman–Crippen LogP) is 1.14. The van der Waals surface area contributed by atoms with Crippen LogP contribution >= 0.6 is 23.5 Å². The molecule has 2 amide bonds. The number of methoxy groups -OCH3 is 1. The van der Waals surface area contributed by atoms with Gasteiger partial charge in [-0.2, -0.15) is 9.98 Å². The van der Waals surface area contributed by atoms with E-state index in [9.17, 15) is 62.8 Å². The molecule has 2 aromatic rings. The average molecular weight is 1110 g/mol. The van der Waals surface area contributed by atoms with Crippen LogP contribution in [0.3, 0.4) is 0 Å². The molecule has 6 heterocycles. The Morgan fingerprint density at radius 1 is 0.658 bits per heavy atom. The Balaban J connectivity index is 0.000000229. The number of hydrogen-bond acceptors (Lipinski definition) is 24. The Kier molecular flexibility index (Phi) is 19.2. The van der Waals surface area contributed by atoms with Gasteiger partial charge in [-0.25, -0.2) is 29.2 Å². The highest BCUT2D eigenvalue weighted by Crippen LogP contribution is 2.37. The minimum Gasteiger partial charge on any atom is -0.479 e. The Morgan fingerprint density at radius 3 is 1.57 bits per heavy atom. The zero-order chi connectivity index (χ0) is 55.0. The Morgan fingerprint density at radius 2 is 1.12 bits per heavy atom. The van der Waals surface area contributed by atoms with Gasteiger partial charge in [0.1, 0.15) is 41.4 Å². The normalized spacial score (nSPS) is 28.6. The van der Waals surface area contributed by atoms with E-state index in [0.29, 0.717) is 23.4 Å². The number of aliphatic hydroxyl groups excluding tert-OH is 3. The van der Waals surface area contributed by atoms with Gasteiger partial charge in [-0.05, 0) is 85.6 Å². The van der Waals surface area contributed by atoms with E-state index in [4.69, 9.17) is 37.9 Å². The molecule has 0 radical (unpaired) electrons. The number of hydrazine groups is 2. The van der Waals surface area contributed by atoms with Crippen molar-refractivity contribution >= 4 is 87.7 Å². The molecule has 0 aromatic heterocycles. The summed E-state index contributed by atoms with van der Waals surface area (Å²) in [5.74, 6) is -7.96. The lowest BCUT2D eigenvalue weighted by molar-refractivity contribution is -0.282. The summed E-state index contributed by atoms with van der Waals surface area (Å²) in [5.41, 5.74) is 6.78. The number of aliphatic hydroxyl groups is 3. The minimum atomic E-state index is -1.89. The maximum Gasteiger partial charge on any atom is 0.339 e. The third kappa shape index (κ3) is 14.1. The average Bonchev–Trinajstić information content (AvgIpc) is 3.96. The summed E-state index contributed by atoms with van der Waals surface area (Å²) in [6.07, 6.45) is -10.6. The second kappa shape index (κ2) is 25.5. The third-order valence-electron chi connectivity index (χ3n) is 11.6. The molecule has 4 saturated heterocycles.